The van der Waals surface area contributed by atoms with Crippen molar-refractivity contribution in [3.8, 4) is 11.5 Å². The highest BCUT2D eigenvalue weighted by Crippen LogP contribution is 2.30. The van der Waals surface area contributed by atoms with Crippen LogP contribution in [0.15, 0.2) is 18.2 Å². The van der Waals surface area contributed by atoms with E-state index in [4.69, 9.17) is 14.6 Å². The molecule has 0 saturated carbocycles. The fourth-order valence-corrected chi connectivity index (χ4v) is 2.47. The Morgan fingerprint density at radius 2 is 2.10 bits per heavy atom. The van der Waals surface area contributed by atoms with Crippen LogP contribution < -0.4 is 4.74 Å². The van der Waals surface area contributed by atoms with Gasteiger partial charge in [-0.3, -0.25) is 4.79 Å². The van der Waals surface area contributed by atoms with Gasteiger partial charge in [-0.25, -0.2) is 0 Å². The Morgan fingerprint density at radius 1 is 1.38 bits per heavy atom. The number of phenols is 1. The Bertz CT molecular complexity index is 483. The van der Waals surface area contributed by atoms with Crippen molar-refractivity contribution in [2.24, 2.45) is 0 Å². The summed E-state index contributed by atoms with van der Waals surface area (Å²) >= 11 is 0. The lowest BCUT2D eigenvalue weighted by molar-refractivity contribution is -0.00559. The largest absolute Gasteiger partial charge is 0.504 e. The number of ether oxygens (including phenoxy) is 2. The normalized spacial score (nSPS) is 16.0. The summed E-state index contributed by atoms with van der Waals surface area (Å²) in [4.78, 5) is 14.1. The molecule has 1 fully saturated rings. The molecule has 1 aromatic carbocycles. The van der Waals surface area contributed by atoms with E-state index in [2.05, 4.69) is 0 Å². The van der Waals surface area contributed by atoms with Crippen LogP contribution in [0.5, 0.6) is 11.5 Å². The molecule has 1 heterocycles. The number of carbonyl (C=O) groups excluding carboxylic acids is 1. The quantitative estimate of drug-likeness (QED) is 0.847. The van der Waals surface area contributed by atoms with Crippen LogP contribution in [0.2, 0.25) is 0 Å². The van der Waals surface area contributed by atoms with E-state index in [-0.39, 0.29) is 29.9 Å². The second-order valence-electron chi connectivity index (χ2n) is 4.94. The first kappa shape index (κ1) is 15.6. The lowest BCUT2D eigenvalue weighted by Gasteiger charge is -2.32. The maximum atomic E-state index is 12.4. The van der Waals surface area contributed by atoms with Crippen LogP contribution in [-0.2, 0) is 4.74 Å². The van der Waals surface area contributed by atoms with Crippen molar-refractivity contribution >= 4 is 5.91 Å². The first-order valence-electron chi connectivity index (χ1n) is 7.05. The van der Waals surface area contributed by atoms with Gasteiger partial charge in [-0.2, -0.15) is 0 Å². The van der Waals surface area contributed by atoms with Gasteiger partial charge in [0.25, 0.3) is 5.91 Å². The minimum absolute atomic E-state index is 0.0107. The van der Waals surface area contributed by atoms with E-state index in [1.165, 1.54) is 7.11 Å². The molecule has 0 unspecified atom stereocenters. The molecule has 1 saturated heterocycles. The number of methoxy groups -OCH3 is 1. The number of phenolic OH excluding ortho intramolecular Hbond substituents is 1. The summed E-state index contributed by atoms with van der Waals surface area (Å²) in [5, 5.41) is 18.8. The van der Waals surface area contributed by atoms with Crippen LogP contribution >= 0.6 is 0 Å². The standard InChI is InChI=1S/C15H21NO5/c1-20-13-4-2-3-12(14(13)18)15(19)16-7-5-11(6-8-16)21-10-9-17/h2-4,11,17-18H,5-10H2,1H3. The average Bonchev–Trinajstić information content (AvgIpc) is 2.53. The molecule has 0 aliphatic carbocycles. The van der Waals surface area contributed by atoms with Gasteiger partial charge in [0.05, 0.1) is 32.0 Å². The number of piperidine rings is 1. The van der Waals surface area contributed by atoms with Gasteiger partial charge in [0, 0.05) is 13.1 Å². The molecule has 1 aliphatic heterocycles. The van der Waals surface area contributed by atoms with Gasteiger partial charge in [0.1, 0.15) is 0 Å². The van der Waals surface area contributed by atoms with Crippen molar-refractivity contribution in [1.82, 2.24) is 4.90 Å². The Hall–Kier alpha value is -1.79. The van der Waals surface area contributed by atoms with Gasteiger partial charge in [0.2, 0.25) is 0 Å². The van der Waals surface area contributed by atoms with Crippen molar-refractivity contribution in [2.75, 3.05) is 33.4 Å². The zero-order valence-electron chi connectivity index (χ0n) is 12.1. The number of nitrogens with zero attached hydrogens (tertiary/aromatic N) is 1. The number of aliphatic hydroxyl groups is 1. The van der Waals surface area contributed by atoms with E-state index in [0.29, 0.717) is 25.4 Å². The number of carbonyl (C=O) groups is 1. The monoisotopic (exact) mass is 295 g/mol. The van der Waals surface area contributed by atoms with Crippen LogP contribution in [0.1, 0.15) is 23.2 Å². The number of benzene rings is 1. The van der Waals surface area contributed by atoms with E-state index in [0.717, 1.165) is 12.8 Å². The highest BCUT2D eigenvalue weighted by atomic mass is 16.5. The lowest BCUT2D eigenvalue weighted by Crippen LogP contribution is -2.41. The summed E-state index contributed by atoms with van der Waals surface area (Å²) in [5.41, 5.74) is 0.254. The molecule has 1 amide bonds. The minimum atomic E-state index is -0.202. The topological polar surface area (TPSA) is 79.2 Å². The minimum Gasteiger partial charge on any atom is -0.504 e. The number of aromatic hydroxyl groups is 1. The average molecular weight is 295 g/mol. The third kappa shape index (κ3) is 3.65. The molecule has 0 spiro atoms. The summed E-state index contributed by atoms with van der Waals surface area (Å²) in [6.07, 6.45) is 1.55. The summed E-state index contributed by atoms with van der Waals surface area (Å²) in [5.74, 6) is -0.0299. The molecule has 2 N–H and O–H groups in total. The molecule has 21 heavy (non-hydrogen) atoms. The Balaban J connectivity index is 1.99. The van der Waals surface area contributed by atoms with Gasteiger partial charge < -0.3 is 24.6 Å². The molecule has 0 aromatic heterocycles. The number of aliphatic hydroxyl groups excluding tert-OH is 1. The van der Waals surface area contributed by atoms with E-state index in [9.17, 15) is 9.90 Å². The number of para-hydroxylation sites is 1. The predicted octanol–water partition coefficient (Wildman–Crippen LogP) is 1.01. The lowest BCUT2D eigenvalue weighted by atomic mass is 10.1. The molecule has 1 aliphatic rings. The summed E-state index contributed by atoms with van der Waals surface area (Å²) < 4.78 is 10.5. The van der Waals surface area contributed by atoms with E-state index < -0.39 is 0 Å². The smallest absolute Gasteiger partial charge is 0.257 e. The molecule has 0 bridgehead atoms. The molecule has 2 rings (SSSR count). The number of hydrogen-bond acceptors (Lipinski definition) is 5. The Kier molecular flexibility index (Phi) is 5.41. The second-order valence-corrected chi connectivity index (χ2v) is 4.94. The number of rotatable bonds is 5. The fraction of sp³-hybridized carbons (Fsp3) is 0.533. The zero-order chi connectivity index (χ0) is 15.2. The van der Waals surface area contributed by atoms with E-state index in [1.807, 2.05) is 0 Å². The molecule has 1 aromatic rings. The molecule has 6 nitrogen and oxygen atoms in total. The summed E-state index contributed by atoms with van der Waals surface area (Å²) in [6.45, 7) is 1.49. The molecule has 0 atom stereocenters. The van der Waals surface area contributed by atoms with Gasteiger partial charge >= 0.3 is 0 Å². The highest BCUT2D eigenvalue weighted by molar-refractivity contribution is 5.97. The third-order valence-electron chi connectivity index (χ3n) is 3.62. The van der Waals surface area contributed by atoms with Gasteiger partial charge in [-0.15, -0.1) is 0 Å². The fourth-order valence-electron chi connectivity index (χ4n) is 2.47. The van der Waals surface area contributed by atoms with Crippen LogP contribution in [0.25, 0.3) is 0 Å². The SMILES string of the molecule is COc1cccc(C(=O)N2CCC(OCCO)CC2)c1O. The second kappa shape index (κ2) is 7.28. The molecular weight excluding hydrogens is 274 g/mol. The van der Waals surface area contributed by atoms with Gasteiger partial charge in [-0.05, 0) is 25.0 Å². The van der Waals surface area contributed by atoms with Gasteiger partial charge in [-0.1, -0.05) is 6.07 Å². The van der Waals surface area contributed by atoms with Crippen molar-refractivity contribution in [2.45, 2.75) is 18.9 Å². The first-order chi connectivity index (χ1) is 10.2. The summed E-state index contributed by atoms with van der Waals surface area (Å²) in [7, 11) is 1.45. The number of amides is 1. The molecular formula is C15H21NO5. The van der Waals surface area contributed by atoms with Crippen LogP contribution in [0, 0.1) is 0 Å². The van der Waals surface area contributed by atoms with E-state index >= 15 is 0 Å². The van der Waals surface area contributed by atoms with Crippen molar-refractivity contribution < 1.29 is 24.5 Å². The number of likely N-dealkylation sites (tertiary alicyclic amines) is 1. The molecule has 0 radical (unpaired) electrons. The highest BCUT2D eigenvalue weighted by Gasteiger charge is 2.26. The first-order valence-corrected chi connectivity index (χ1v) is 7.05. The van der Waals surface area contributed by atoms with Crippen molar-refractivity contribution in [3.63, 3.8) is 0 Å². The maximum absolute atomic E-state index is 12.4. The van der Waals surface area contributed by atoms with Crippen LogP contribution in [0.4, 0.5) is 0 Å². The van der Waals surface area contributed by atoms with Crippen molar-refractivity contribution in [3.05, 3.63) is 23.8 Å². The van der Waals surface area contributed by atoms with Gasteiger partial charge in [0.15, 0.2) is 11.5 Å². The molecule has 116 valence electrons. The Labute approximate surface area is 123 Å². The number of hydrogen-bond donors (Lipinski definition) is 2. The van der Waals surface area contributed by atoms with Crippen LogP contribution in [0.3, 0.4) is 0 Å². The zero-order valence-corrected chi connectivity index (χ0v) is 12.1. The predicted molar refractivity (Wildman–Crippen MR) is 76.6 cm³/mol. The Morgan fingerprint density at radius 3 is 2.71 bits per heavy atom. The van der Waals surface area contributed by atoms with Crippen LogP contribution in [-0.4, -0.2) is 60.5 Å². The maximum Gasteiger partial charge on any atom is 0.257 e. The van der Waals surface area contributed by atoms with Crippen molar-refractivity contribution in [1.29, 1.82) is 0 Å². The third-order valence-corrected chi connectivity index (χ3v) is 3.62. The molecule has 6 heteroatoms. The summed E-state index contributed by atoms with van der Waals surface area (Å²) in [6, 6.07) is 4.89. The van der Waals surface area contributed by atoms with E-state index in [1.54, 1.807) is 23.1 Å².